The molecule has 0 saturated carbocycles. The maximum Gasteiger partial charge on any atom is 0.434 e. The summed E-state index contributed by atoms with van der Waals surface area (Å²) in [6.07, 6.45) is 1.69. The number of halogens is 2. The van der Waals surface area contributed by atoms with Crippen LogP contribution in [0.5, 0.6) is 0 Å². The molecule has 0 radical (unpaired) electrons. The van der Waals surface area contributed by atoms with Gasteiger partial charge >= 0.3 is 5.76 Å². The van der Waals surface area contributed by atoms with Gasteiger partial charge < -0.3 is 4.42 Å². The van der Waals surface area contributed by atoms with Crippen molar-refractivity contribution in [2.45, 2.75) is 69.7 Å². The molecule has 2 aromatic carbocycles. The van der Waals surface area contributed by atoms with Gasteiger partial charge in [0.05, 0.1) is 5.41 Å². The Morgan fingerprint density at radius 2 is 1.80 bits per heavy atom. The molecule has 1 fully saturated rings. The van der Waals surface area contributed by atoms with E-state index >= 15 is 8.78 Å². The molecule has 3 aromatic rings. The molecule has 1 saturated heterocycles. The van der Waals surface area contributed by atoms with Gasteiger partial charge in [0.1, 0.15) is 16.9 Å². The predicted octanol–water partition coefficient (Wildman–Crippen LogP) is 4.80. The van der Waals surface area contributed by atoms with Crippen LogP contribution in [0.3, 0.4) is 0 Å². The Kier molecular flexibility index (Phi) is 6.97. The fraction of sp³-hybridized carbons (Fsp3) is 0.440. The highest BCUT2D eigenvalue weighted by molar-refractivity contribution is 7.89. The molecule has 0 unspecified atom stereocenters. The molecule has 1 aromatic heterocycles. The maximum atomic E-state index is 15.5. The average molecular weight is 506 g/mol. The van der Waals surface area contributed by atoms with Crippen LogP contribution in [0, 0.1) is 11.6 Å². The van der Waals surface area contributed by atoms with Crippen molar-refractivity contribution in [3.05, 3.63) is 87.2 Å². The predicted molar refractivity (Wildman–Crippen MR) is 127 cm³/mol. The number of nitrogens with one attached hydrogen (secondary N) is 1. The lowest BCUT2D eigenvalue weighted by Gasteiger charge is -2.37. The number of aromatic amines is 1. The van der Waals surface area contributed by atoms with Crippen LogP contribution in [0.25, 0.3) is 0 Å². The van der Waals surface area contributed by atoms with Gasteiger partial charge in [0.25, 0.3) is 0 Å². The zero-order valence-corrected chi connectivity index (χ0v) is 20.7. The molecule has 7 nitrogen and oxygen atoms in total. The quantitative estimate of drug-likeness (QED) is 0.498. The first-order chi connectivity index (χ1) is 16.6. The molecule has 1 N–H and O–H groups in total. The second-order valence-corrected chi connectivity index (χ2v) is 11.1. The van der Waals surface area contributed by atoms with E-state index in [1.807, 2.05) is 6.07 Å². The van der Waals surface area contributed by atoms with Gasteiger partial charge in [0.15, 0.2) is 0 Å². The molecule has 188 valence electrons. The van der Waals surface area contributed by atoms with Crippen LogP contribution in [0.15, 0.2) is 51.7 Å². The third-order valence-corrected chi connectivity index (χ3v) is 9.60. The highest BCUT2D eigenvalue weighted by Gasteiger charge is 2.42. The first kappa shape index (κ1) is 25.2. The third-order valence-electron chi connectivity index (χ3n) is 7.23. The van der Waals surface area contributed by atoms with E-state index in [2.05, 4.69) is 10.2 Å². The van der Waals surface area contributed by atoms with E-state index in [0.717, 1.165) is 12.1 Å². The summed E-state index contributed by atoms with van der Waals surface area (Å²) in [7, 11) is -3.80. The number of nitrogens with zero attached hydrogens (tertiary/aromatic N) is 2. The number of H-pyrrole nitrogens is 1. The van der Waals surface area contributed by atoms with E-state index in [1.165, 1.54) is 4.31 Å². The number of benzene rings is 2. The van der Waals surface area contributed by atoms with E-state index in [4.69, 9.17) is 4.42 Å². The van der Waals surface area contributed by atoms with Gasteiger partial charge in [-0.05, 0) is 50.3 Å². The Labute approximate surface area is 203 Å². The van der Waals surface area contributed by atoms with Crippen molar-refractivity contribution in [3.63, 3.8) is 0 Å². The first-order valence-corrected chi connectivity index (χ1v) is 13.2. The van der Waals surface area contributed by atoms with Crippen LogP contribution in [-0.4, -0.2) is 29.0 Å². The van der Waals surface area contributed by atoms with Crippen molar-refractivity contribution in [2.24, 2.45) is 0 Å². The summed E-state index contributed by atoms with van der Waals surface area (Å²) in [6, 6.07) is 10.7. The Morgan fingerprint density at radius 1 is 1.11 bits per heavy atom. The first-order valence-electron chi connectivity index (χ1n) is 11.7. The molecule has 0 spiro atoms. The Morgan fingerprint density at radius 3 is 2.40 bits per heavy atom. The van der Waals surface area contributed by atoms with Gasteiger partial charge in [0, 0.05) is 23.7 Å². The number of rotatable bonds is 7. The molecule has 1 aliphatic rings. The number of sulfonamides is 1. The van der Waals surface area contributed by atoms with Crippen molar-refractivity contribution in [3.8, 4) is 0 Å². The molecule has 2 atom stereocenters. The minimum Gasteiger partial charge on any atom is -0.392 e. The van der Waals surface area contributed by atoms with Crippen LogP contribution < -0.4 is 5.76 Å². The molecule has 10 heteroatoms. The van der Waals surface area contributed by atoms with E-state index in [1.54, 1.807) is 45.0 Å². The lowest BCUT2D eigenvalue weighted by Crippen LogP contribution is -2.45. The molecule has 2 heterocycles. The fourth-order valence-corrected chi connectivity index (χ4v) is 7.27. The van der Waals surface area contributed by atoms with Gasteiger partial charge in [-0.2, -0.15) is 4.31 Å². The zero-order chi connectivity index (χ0) is 25.4. The zero-order valence-electron chi connectivity index (χ0n) is 19.9. The topological polar surface area (TPSA) is 96.3 Å². The van der Waals surface area contributed by atoms with Gasteiger partial charge in [-0.25, -0.2) is 27.1 Å². The van der Waals surface area contributed by atoms with Crippen molar-refractivity contribution < 1.29 is 21.6 Å². The highest BCUT2D eigenvalue weighted by Crippen LogP contribution is 2.41. The van der Waals surface area contributed by atoms with Crippen molar-refractivity contribution in [1.29, 1.82) is 0 Å². The number of hydrogen-bond acceptors (Lipinski definition) is 5. The second-order valence-electron chi connectivity index (χ2n) is 9.05. The van der Waals surface area contributed by atoms with E-state index in [-0.39, 0.29) is 29.6 Å². The van der Waals surface area contributed by atoms with Gasteiger partial charge in [-0.3, -0.25) is 0 Å². The standard InChI is InChI=1S/C25H29F2N3O4S/c1-4-25(5-2,23-28-29-24(31)34-23)19-14-20(26)18(13-21(19)27)15-30-16(3)11-12-22(35(30,32)33)17-9-7-6-8-10-17/h6-10,13-14,16,22H,4-5,11-12,15H2,1-3H3,(H,29,31)/t16-,22+/m0/s1. The molecule has 35 heavy (non-hydrogen) atoms. The van der Waals surface area contributed by atoms with Gasteiger partial charge in [0.2, 0.25) is 15.9 Å². The van der Waals surface area contributed by atoms with Crippen LogP contribution in [-0.2, 0) is 22.0 Å². The van der Waals surface area contributed by atoms with E-state index in [9.17, 15) is 13.2 Å². The van der Waals surface area contributed by atoms with Crippen LogP contribution in [0.2, 0.25) is 0 Å². The molecule has 1 aliphatic heterocycles. The van der Waals surface area contributed by atoms with Crippen molar-refractivity contribution in [2.75, 3.05) is 0 Å². The van der Waals surface area contributed by atoms with Crippen LogP contribution in [0.1, 0.15) is 74.3 Å². The molecular weight excluding hydrogens is 476 g/mol. The van der Waals surface area contributed by atoms with Crippen LogP contribution in [0.4, 0.5) is 8.78 Å². The smallest absolute Gasteiger partial charge is 0.392 e. The Bertz CT molecular complexity index is 1350. The summed E-state index contributed by atoms with van der Waals surface area (Å²) < 4.78 is 64.3. The fourth-order valence-electron chi connectivity index (χ4n) is 5.08. The molecular formula is C25H29F2N3O4S. The molecule has 0 amide bonds. The summed E-state index contributed by atoms with van der Waals surface area (Å²) >= 11 is 0. The summed E-state index contributed by atoms with van der Waals surface area (Å²) in [4.78, 5) is 11.5. The van der Waals surface area contributed by atoms with E-state index < -0.39 is 38.1 Å². The Balaban J connectivity index is 1.71. The monoisotopic (exact) mass is 505 g/mol. The minimum absolute atomic E-state index is 0.00992. The lowest BCUT2D eigenvalue weighted by molar-refractivity contribution is 0.278. The number of hydrogen-bond donors (Lipinski definition) is 1. The van der Waals surface area contributed by atoms with E-state index in [0.29, 0.717) is 31.2 Å². The summed E-state index contributed by atoms with van der Waals surface area (Å²) in [5, 5.41) is 5.33. The van der Waals surface area contributed by atoms with Crippen LogP contribution >= 0.6 is 0 Å². The summed E-state index contributed by atoms with van der Waals surface area (Å²) in [6.45, 7) is 5.04. The lowest BCUT2D eigenvalue weighted by atomic mass is 9.75. The second kappa shape index (κ2) is 9.66. The molecule has 4 rings (SSSR count). The third kappa shape index (κ3) is 4.45. The normalized spacial score (nSPS) is 20.7. The SMILES string of the molecule is CCC(CC)(c1n[nH]c(=O)o1)c1cc(F)c(CN2[C@@H](C)CC[C@H](c3ccccc3)S2(=O)=O)cc1F. The average Bonchev–Trinajstić information content (AvgIpc) is 3.27. The maximum absolute atomic E-state index is 15.5. The van der Waals surface area contributed by atoms with Crippen molar-refractivity contribution >= 4 is 10.0 Å². The van der Waals surface area contributed by atoms with Gasteiger partial charge in [-0.15, -0.1) is 5.10 Å². The van der Waals surface area contributed by atoms with Crippen molar-refractivity contribution in [1.82, 2.24) is 14.5 Å². The molecule has 0 bridgehead atoms. The highest BCUT2D eigenvalue weighted by atomic mass is 32.2. The molecule has 0 aliphatic carbocycles. The minimum atomic E-state index is -3.80. The summed E-state index contributed by atoms with van der Waals surface area (Å²) in [5.74, 6) is -2.23. The van der Waals surface area contributed by atoms with Gasteiger partial charge in [-0.1, -0.05) is 44.2 Å². The number of aromatic nitrogens is 2. The Hall–Kier alpha value is -2.85. The summed E-state index contributed by atoms with van der Waals surface area (Å²) in [5.41, 5.74) is -0.510. The largest absolute Gasteiger partial charge is 0.434 e.